The minimum atomic E-state index is -1.07. The lowest BCUT2D eigenvalue weighted by Crippen LogP contribution is -2.57. The summed E-state index contributed by atoms with van der Waals surface area (Å²) in [5.74, 6) is -1.07. The molecule has 1 unspecified atom stereocenters. The third-order valence-electron chi connectivity index (χ3n) is 2.35. The molecule has 104 valence electrons. The number of carboxylic acids is 1. The van der Waals surface area contributed by atoms with Crippen molar-refractivity contribution in [2.45, 2.75) is 51.9 Å². The largest absolute Gasteiger partial charge is 0.479 e. The molecule has 1 aliphatic heterocycles. The number of carbonyl (C=O) groups excluding carboxylic acids is 1. The molecule has 6 nitrogen and oxygen atoms in total. The molecule has 0 aromatic rings. The number of aliphatic carboxylic acids is 1. The molecule has 0 aromatic heterocycles. The van der Waals surface area contributed by atoms with Crippen molar-refractivity contribution in [1.29, 1.82) is 0 Å². The van der Waals surface area contributed by atoms with Crippen LogP contribution in [-0.2, 0) is 14.3 Å². The lowest BCUT2D eigenvalue weighted by molar-refractivity contribution is -0.176. The summed E-state index contributed by atoms with van der Waals surface area (Å²) < 4.78 is 10.6. The molecule has 1 atom stereocenters. The Kier molecular flexibility index (Phi) is 3.90. The number of hydrogen-bond donors (Lipinski definition) is 1. The van der Waals surface area contributed by atoms with Crippen LogP contribution in [0.5, 0.6) is 0 Å². The molecule has 0 bridgehead atoms. The SMILES string of the molecule is CC(C)(C)OC(=O)N1CC(C(=O)O)OC(C)(C)C1. The zero-order chi connectivity index (χ0) is 14.1. The van der Waals surface area contributed by atoms with Gasteiger partial charge in [-0.2, -0.15) is 0 Å². The van der Waals surface area contributed by atoms with Gasteiger partial charge in [-0.15, -0.1) is 0 Å². The molecule has 0 aromatic carbocycles. The molecule has 1 rings (SSSR count). The van der Waals surface area contributed by atoms with Crippen molar-refractivity contribution < 1.29 is 24.2 Å². The van der Waals surface area contributed by atoms with Gasteiger partial charge in [0, 0.05) is 0 Å². The molecule has 6 heteroatoms. The number of carbonyl (C=O) groups is 2. The van der Waals surface area contributed by atoms with E-state index in [1.165, 1.54) is 4.90 Å². The van der Waals surface area contributed by atoms with Gasteiger partial charge >= 0.3 is 12.1 Å². The van der Waals surface area contributed by atoms with Gasteiger partial charge in [-0.3, -0.25) is 0 Å². The minimum Gasteiger partial charge on any atom is -0.479 e. The number of rotatable bonds is 1. The van der Waals surface area contributed by atoms with Crippen molar-refractivity contribution in [1.82, 2.24) is 4.90 Å². The van der Waals surface area contributed by atoms with Crippen molar-refractivity contribution in [3.8, 4) is 0 Å². The van der Waals surface area contributed by atoms with Crippen LogP contribution in [0.25, 0.3) is 0 Å². The van der Waals surface area contributed by atoms with E-state index in [4.69, 9.17) is 14.6 Å². The average Bonchev–Trinajstić information content (AvgIpc) is 2.12. The summed E-state index contributed by atoms with van der Waals surface area (Å²) in [6, 6.07) is 0. The lowest BCUT2D eigenvalue weighted by Gasteiger charge is -2.41. The van der Waals surface area contributed by atoms with Crippen LogP contribution in [0.4, 0.5) is 4.79 Å². The topological polar surface area (TPSA) is 76.1 Å². The van der Waals surface area contributed by atoms with Crippen LogP contribution in [0.3, 0.4) is 0 Å². The van der Waals surface area contributed by atoms with Crippen LogP contribution >= 0.6 is 0 Å². The van der Waals surface area contributed by atoms with Crippen LogP contribution in [0.1, 0.15) is 34.6 Å². The zero-order valence-electron chi connectivity index (χ0n) is 11.5. The minimum absolute atomic E-state index is 0.00762. The Hall–Kier alpha value is -1.30. The molecule has 1 amide bonds. The van der Waals surface area contributed by atoms with E-state index in [0.717, 1.165) is 0 Å². The Morgan fingerprint density at radius 3 is 2.39 bits per heavy atom. The van der Waals surface area contributed by atoms with E-state index >= 15 is 0 Å². The summed E-state index contributed by atoms with van der Waals surface area (Å²) in [6.45, 7) is 9.12. The Morgan fingerprint density at radius 1 is 1.39 bits per heavy atom. The highest BCUT2D eigenvalue weighted by molar-refractivity contribution is 5.75. The summed E-state index contributed by atoms with van der Waals surface area (Å²) in [5.41, 5.74) is -1.30. The lowest BCUT2D eigenvalue weighted by atomic mass is 10.1. The molecule has 0 spiro atoms. The van der Waals surface area contributed by atoms with E-state index in [0.29, 0.717) is 6.54 Å². The van der Waals surface area contributed by atoms with Crippen molar-refractivity contribution in [3.63, 3.8) is 0 Å². The maximum absolute atomic E-state index is 11.9. The third-order valence-corrected chi connectivity index (χ3v) is 2.35. The van der Waals surface area contributed by atoms with E-state index < -0.39 is 29.4 Å². The first-order valence-corrected chi connectivity index (χ1v) is 5.89. The average molecular weight is 259 g/mol. The summed E-state index contributed by atoms with van der Waals surface area (Å²) >= 11 is 0. The molecule has 0 radical (unpaired) electrons. The van der Waals surface area contributed by atoms with Crippen molar-refractivity contribution >= 4 is 12.1 Å². The standard InChI is InChI=1S/C12H21NO5/c1-11(2,3)18-10(16)13-6-8(9(14)15)17-12(4,5)7-13/h8H,6-7H2,1-5H3,(H,14,15). The van der Waals surface area contributed by atoms with Gasteiger partial charge in [0.15, 0.2) is 6.10 Å². The predicted molar refractivity (Wildman–Crippen MR) is 64.4 cm³/mol. The molecule has 1 saturated heterocycles. The fourth-order valence-corrected chi connectivity index (χ4v) is 1.78. The quantitative estimate of drug-likeness (QED) is 0.772. The molecule has 0 aliphatic carbocycles. The first-order valence-electron chi connectivity index (χ1n) is 5.89. The van der Waals surface area contributed by atoms with Gasteiger partial charge in [-0.05, 0) is 34.6 Å². The second-order valence-corrected chi connectivity index (χ2v) is 6.07. The maximum Gasteiger partial charge on any atom is 0.410 e. The van der Waals surface area contributed by atoms with E-state index in [-0.39, 0.29) is 6.54 Å². The second-order valence-electron chi connectivity index (χ2n) is 6.07. The summed E-state index contributed by atoms with van der Waals surface area (Å²) in [5, 5.41) is 9.00. The molecule has 0 saturated carbocycles. The third kappa shape index (κ3) is 4.18. The number of amides is 1. The van der Waals surface area contributed by atoms with Crippen LogP contribution in [0.15, 0.2) is 0 Å². The van der Waals surface area contributed by atoms with Gasteiger partial charge in [0.1, 0.15) is 5.60 Å². The molecular formula is C12H21NO5. The molecule has 1 heterocycles. The van der Waals surface area contributed by atoms with Gasteiger partial charge < -0.3 is 19.5 Å². The number of ether oxygens (including phenoxy) is 2. The summed E-state index contributed by atoms with van der Waals surface area (Å²) in [7, 11) is 0. The number of hydrogen-bond acceptors (Lipinski definition) is 4. The van der Waals surface area contributed by atoms with Crippen molar-refractivity contribution in [2.24, 2.45) is 0 Å². The smallest absolute Gasteiger partial charge is 0.410 e. The fraction of sp³-hybridized carbons (Fsp3) is 0.833. The molecule has 1 fully saturated rings. The Balaban J connectivity index is 2.76. The van der Waals surface area contributed by atoms with Crippen molar-refractivity contribution in [3.05, 3.63) is 0 Å². The number of carboxylic acid groups (broad SMARTS) is 1. The molecule has 1 aliphatic rings. The highest BCUT2D eigenvalue weighted by atomic mass is 16.6. The van der Waals surface area contributed by atoms with E-state index in [2.05, 4.69) is 0 Å². The normalized spacial score (nSPS) is 23.6. The van der Waals surface area contributed by atoms with E-state index in [1.54, 1.807) is 34.6 Å². The Bertz CT molecular complexity index is 345. The van der Waals surface area contributed by atoms with Crippen molar-refractivity contribution in [2.75, 3.05) is 13.1 Å². The van der Waals surface area contributed by atoms with Gasteiger partial charge in [-0.1, -0.05) is 0 Å². The van der Waals surface area contributed by atoms with Crippen LogP contribution in [-0.4, -0.2) is 52.5 Å². The van der Waals surface area contributed by atoms with Crippen LogP contribution in [0.2, 0.25) is 0 Å². The maximum atomic E-state index is 11.9. The summed E-state index contributed by atoms with van der Waals surface area (Å²) in [6.07, 6.45) is -1.52. The monoisotopic (exact) mass is 259 g/mol. The fourth-order valence-electron chi connectivity index (χ4n) is 1.78. The second kappa shape index (κ2) is 4.76. The van der Waals surface area contributed by atoms with Gasteiger partial charge in [0.2, 0.25) is 0 Å². The van der Waals surface area contributed by atoms with Crippen LogP contribution < -0.4 is 0 Å². The van der Waals surface area contributed by atoms with Gasteiger partial charge in [-0.25, -0.2) is 9.59 Å². The van der Waals surface area contributed by atoms with E-state index in [9.17, 15) is 9.59 Å². The first kappa shape index (κ1) is 14.8. The number of morpholine rings is 1. The van der Waals surface area contributed by atoms with Gasteiger partial charge in [0.05, 0.1) is 18.7 Å². The predicted octanol–water partition coefficient (Wildman–Crippen LogP) is 1.49. The highest BCUT2D eigenvalue weighted by Crippen LogP contribution is 2.23. The van der Waals surface area contributed by atoms with E-state index in [1.807, 2.05) is 0 Å². The Morgan fingerprint density at radius 2 is 1.94 bits per heavy atom. The number of nitrogens with zero attached hydrogens (tertiary/aromatic N) is 1. The highest BCUT2D eigenvalue weighted by Gasteiger charge is 2.40. The zero-order valence-corrected chi connectivity index (χ0v) is 11.5. The Labute approximate surface area is 107 Å². The van der Waals surface area contributed by atoms with Gasteiger partial charge in [0.25, 0.3) is 0 Å². The molecule has 1 N–H and O–H groups in total. The first-order chi connectivity index (χ1) is 8.00. The van der Waals surface area contributed by atoms with Crippen LogP contribution in [0, 0.1) is 0 Å². The molecule has 18 heavy (non-hydrogen) atoms. The summed E-state index contributed by atoms with van der Waals surface area (Å²) in [4.78, 5) is 24.3. The molecular weight excluding hydrogens is 238 g/mol.